The fraction of sp³-hybridized carbons (Fsp3) is 0.562. The van der Waals surface area contributed by atoms with E-state index in [1.807, 2.05) is 0 Å². The topological polar surface area (TPSA) is 49.3 Å². The number of amides is 1. The maximum absolute atomic E-state index is 12.1. The fourth-order valence-corrected chi connectivity index (χ4v) is 2.61. The van der Waals surface area contributed by atoms with Crippen LogP contribution in [-0.4, -0.2) is 17.1 Å². The van der Waals surface area contributed by atoms with E-state index in [2.05, 4.69) is 19.2 Å². The Morgan fingerprint density at radius 3 is 2.53 bits per heavy atom. The summed E-state index contributed by atoms with van der Waals surface area (Å²) in [5.41, 5.74) is 1.77. The molecular weight excluding hydrogens is 238 g/mol. The molecule has 0 unspecified atom stereocenters. The number of aromatic hydroxyl groups is 1. The molecule has 0 bridgehead atoms. The van der Waals surface area contributed by atoms with E-state index in [4.69, 9.17) is 0 Å². The molecule has 1 amide bonds. The predicted molar refractivity (Wildman–Crippen MR) is 76.3 cm³/mol. The van der Waals surface area contributed by atoms with Crippen LogP contribution in [0.3, 0.4) is 0 Å². The second kappa shape index (κ2) is 5.24. The van der Waals surface area contributed by atoms with Crippen molar-refractivity contribution in [3.05, 3.63) is 29.3 Å². The van der Waals surface area contributed by atoms with Crippen LogP contribution in [0.2, 0.25) is 0 Å². The molecule has 3 heteroatoms. The van der Waals surface area contributed by atoms with Crippen molar-refractivity contribution in [3.63, 3.8) is 0 Å². The molecular formula is C16H23NO2. The fourth-order valence-electron chi connectivity index (χ4n) is 2.61. The van der Waals surface area contributed by atoms with Crippen molar-refractivity contribution in [2.24, 2.45) is 5.41 Å². The summed E-state index contributed by atoms with van der Waals surface area (Å²) in [6.07, 6.45) is 4.42. The lowest BCUT2D eigenvalue weighted by Crippen LogP contribution is -2.39. The number of hydrogen-bond acceptors (Lipinski definition) is 2. The molecule has 0 heterocycles. The van der Waals surface area contributed by atoms with E-state index in [-0.39, 0.29) is 17.7 Å². The van der Waals surface area contributed by atoms with Crippen LogP contribution in [0.15, 0.2) is 18.2 Å². The van der Waals surface area contributed by atoms with Crippen LogP contribution in [0.25, 0.3) is 0 Å². The van der Waals surface area contributed by atoms with Crippen LogP contribution in [0, 0.1) is 12.3 Å². The van der Waals surface area contributed by atoms with Crippen molar-refractivity contribution in [1.29, 1.82) is 0 Å². The molecule has 0 radical (unpaired) electrons. The Morgan fingerprint density at radius 1 is 1.32 bits per heavy atom. The highest BCUT2D eigenvalue weighted by molar-refractivity contribution is 5.94. The first-order valence-electron chi connectivity index (χ1n) is 6.98. The molecule has 2 N–H and O–H groups in total. The van der Waals surface area contributed by atoms with E-state index in [1.54, 1.807) is 25.1 Å². The number of benzene rings is 1. The summed E-state index contributed by atoms with van der Waals surface area (Å²) in [5, 5.41) is 12.6. The zero-order valence-electron chi connectivity index (χ0n) is 12.0. The van der Waals surface area contributed by atoms with Gasteiger partial charge in [0.05, 0.1) is 0 Å². The highest BCUT2D eigenvalue weighted by Gasteiger charge is 2.27. The van der Waals surface area contributed by atoms with E-state index < -0.39 is 0 Å². The van der Waals surface area contributed by atoms with Gasteiger partial charge in [0.1, 0.15) is 5.75 Å². The zero-order valence-corrected chi connectivity index (χ0v) is 12.0. The van der Waals surface area contributed by atoms with Gasteiger partial charge in [0.25, 0.3) is 5.91 Å². The van der Waals surface area contributed by atoms with Crippen molar-refractivity contribution in [2.75, 3.05) is 0 Å². The third-order valence-corrected chi connectivity index (χ3v) is 4.13. The number of phenols is 1. The van der Waals surface area contributed by atoms with Gasteiger partial charge < -0.3 is 10.4 Å². The number of aryl methyl sites for hydroxylation is 1. The number of phenolic OH excluding ortho intramolecular Hbond substituents is 1. The van der Waals surface area contributed by atoms with Gasteiger partial charge in [-0.2, -0.15) is 0 Å². The summed E-state index contributed by atoms with van der Waals surface area (Å²) in [6, 6.07) is 5.27. The molecule has 0 atom stereocenters. The van der Waals surface area contributed by atoms with Gasteiger partial charge in [0.2, 0.25) is 0 Å². The van der Waals surface area contributed by atoms with Crippen LogP contribution in [-0.2, 0) is 0 Å². The SMILES string of the molecule is Cc1cc(C(=O)NC2CCC(C)(C)CC2)ccc1O. The predicted octanol–water partition coefficient (Wildman–Crippen LogP) is 3.40. The quantitative estimate of drug-likeness (QED) is 0.857. The standard InChI is InChI=1S/C16H23NO2/c1-11-10-12(4-5-14(11)18)15(19)17-13-6-8-16(2,3)9-7-13/h4-5,10,13,18H,6-9H2,1-3H3,(H,17,19). The third kappa shape index (κ3) is 3.49. The van der Waals surface area contributed by atoms with Gasteiger partial charge >= 0.3 is 0 Å². The van der Waals surface area contributed by atoms with Crippen LogP contribution in [0.5, 0.6) is 5.75 Å². The Bertz CT molecular complexity index is 470. The molecule has 1 aromatic carbocycles. The van der Waals surface area contributed by atoms with Crippen LogP contribution in [0.4, 0.5) is 0 Å². The summed E-state index contributed by atoms with van der Waals surface area (Å²) >= 11 is 0. The molecule has 3 nitrogen and oxygen atoms in total. The number of rotatable bonds is 2. The lowest BCUT2D eigenvalue weighted by Gasteiger charge is -2.34. The van der Waals surface area contributed by atoms with Gasteiger partial charge in [-0.3, -0.25) is 4.79 Å². The Kier molecular flexibility index (Phi) is 3.83. The van der Waals surface area contributed by atoms with Crippen molar-refractivity contribution >= 4 is 5.91 Å². The molecule has 1 aromatic rings. The third-order valence-electron chi connectivity index (χ3n) is 4.13. The van der Waals surface area contributed by atoms with E-state index in [1.165, 1.54) is 0 Å². The Morgan fingerprint density at radius 2 is 1.95 bits per heavy atom. The van der Waals surface area contributed by atoms with E-state index in [9.17, 15) is 9.90 Å². The minimum Gasteiger partial charge on any atom is -0.508 e. The number of carbonyl (C=O) groups excluding carboxylic acids is 1. The highest BCUT2D eigenvalue weighted by Crippen LogP contribution is 2.35. The molecule has 0 aliphatic heterocycles. The monoisotopic (exact) mass is 261 g/mol. The molecule has 1 fully saturated rings. The smallest absolute Gasteiger partial charge is 0.251 e. The maximum Gasteiger partial charge on any atom is 0.251 e. The van der Waals surface area contributed by atoms with E-state index >= 15 is 0 Å². The lowest BCUT2D eigenvalue weighted by molar-refractivity contribution is 0.0909. The molecule has 0 aromatic heterocycles. The van der Waals surface area contributed by atoms with Gasteiger partial charge in [-0.1, -0.05) is 13.8 Å². The minimum atomic E-state index is -0.0344. The average Bonchev–Trinajstić information content (AvgIpc) is 2.35. The van der Waals surface area contributed by atoms with Crippen molar-refractivity contribution in [2.45, 2.75) is 52.5 Å². The summed E-state index contributed by atoms with van der Waals surface area (Å²) in [5.74, 6) is 0.198. The largest absolute Gasteiger partial charge is 0.508 e. The number of carbonyl (C=O) groups is 1. The number of nitrogens with one attached hydrogen (secondary N) is 1. The summed E-state index contributed by atoms with van der Waals surface area (Å²) in [7, 11) is 0. The van der Waals surface area contributed by atoms with Gasteiger partial charge in [0, 0.05) is 11.6 Å². The highest BCUT2D eigenvalue weighted by atomic mass is 16.3. The summed E-state index contributed by atoms with van der Waals surface area (Å²) < 4.78 is 0. The Labute approximate surface area is 115 Å². The molecule has 0 spiro atoms. The van der Waals surface area contributed by atoms with E-state index in [0.717, 1.165) is 31.2 Å². The van der Waals surface area contributed by atoms with Crippen molar-refractivity contribution < 1.29 is 9.90 Å². The Hall–Kier alpha value is -1.51. The van der Waals surface area contributed by atoms with Gasteiger partial charge in [-0.25, -0.2) is 0 Å². The molecule has 104 valence electrons. The van der Waals surface area contributed by atoms with Gasteiger partial charge in [-0.05, 0) is 61.8 Å². The lowest BCUT2D eigenvalue weighted by atomic mass is 9.75. The average molecular weight is 261 g/mol. The summed E-state index contributed by atoms with van der Waals surface area (Å²) in [6.45, 7) is 6.37. The second-order valence-electron chi connectivity index (χ2n) is 6.41. The second-order valence-corrected chi connectivity index (χ2v) is 6.41. The van der Waals surface area contributed by atoms with E-state index in [0.29, 0.717) is 11.0 Å². The first kappa shape index (κ1) is 13.9. The minimum absolute atomic E-state index is 0.0344. The van der Waals surface area contributed by atoms with Gasteiger partial charge in [0.15, 0.2) is 0 Å². The van der Waals surface area contributed by atoms with Crippen LogP contribution >= 0.6 is 0 Å². The first-order chi connectivity index (χ1) is 8.87. The van der Waals surface area contributed by atoms with Crippen LogP contribution < -0.4 is 5.32 Å². The molecule has 19 heavy (non-hydrogen) atoms. The molecule has 1 aliphatic rings. The number of hydrogen-bond donors (Lipinski definition) is 2. The molecule has 1 saturated carbocycles. The van der Waals surface area contributed by atoms with Crippen molar-refractivity contribution in [1.82, 2.24) is 5.32 Å². The van der Waals surface area contributed by atoms with Gasteiger partial charge in [-0.15, -0.1) is 0 Å². The van der Waals surface area contributed by atoms with Crippen LogP contribution in [0.1, 0.15) is 55.5 Å². The maximum atomic E-state index is 12.1. The molecule has 0 saturated heterocycles. The molecule has 2 rings (SSSR count). The summed E-state index contributed by atoms with van der Waals surface area (Å²) in [4.78, 5) is 12.1. The first-order valence-corrected chi connectivity index (χ1v) is 6.98. The normalized spacial score (nSPS) is 19.1. The Balaban J connectivity index is 1.96. The van der Waals surface area contributed by atoms with Crippen molar-refractivity contribution in [3.8, 4) is 5.75 Å². The zero-order chi connectivity index (χ0) is 14.0. The molecule has 1 aliphatic carbocycles.